The van der Waals surface area contributed by atoms with Crippen LogP contribution in [0.2, 0.25) is 0 Å². The lowest BCUT2D eigenvalue weighted by Crippen LogP contribution is -2.42. The third-order valence-corrected chi connectivity index (χ3v) is 4.88. The van der Waals surface area contributed by atoms with Crippen molar-refractivity contribution in [2.24, 2.45) is 10.7 Å². The van der Waals surface area contributed by atoms with Crippen molar-refractivity contribution in [1.29, 1.82) is 0 Å². The summed E-state index contributed by atoms with van der Waals surface area (Å²) >= 11 is 0. The van der Waals surface area contributed by atoms with Crippen LogP contribution in [-0.4, -0.2) is 47.2 Å². The first kappa shape index (κ1) is 16.1. The Balaban J connectivity index is 1.51. The van der Waals surface area contributed by atoms with Crippen LogP contribution in [0.5, 0.6) is 0 Å². The van der Waals surface area contributed by atoms with Crippen molar-refractivity contribution >= 4 is 5.96 Å². The minimum absolute atomic E-state index is 0.0455. The molecule has 4 rings (SSSR count). The zero-order valence-corrected chi connectivity index (χ0v) is 14.6. The number of aryl methyl sites for hydroxylation is 1. The summed E-state index contributed by atoms with van der Waals surface area (Å²) in [6.45, 7) is 4.83. The quantitative estimate of drug-likeness (QED) is 0.876. The number of nitrogens with zero attached hydrogens (tertiary/aromatic N) is 4. The summed E-state index contributed by atoms with van der Waals surface area (Å²) in [5, 5.41) is 1.77. The molecule has 0 saturated heterocycles. The average molecular weight is 340 g/mol. The van der Waals surface area contributed by atoms with Gasteiger partial charge in [0.2, 0.25) is 5.96 Å². The Morgan fingerprint density at radius 3 is 3.04 bits per heavy atom. The molecule has 2 aromatic rings. The van der Waals surface area contributed by atoms with Crippen molar-refractivity contribution in [3.05, 3.63) is 53.2 Å². The van der Waals surface area contributed by atoms with E-state index in [0.29, 0.717) is 5.96 Å². The molecule has 0 spiro atoms. The summed E-state index contributed by atoms with van der Waals surface area (Å²) in [6.07, 6.45) is 4.63. The Hall–Kier alpha value is -2.38. The van der Waals surface area contributed by atoms with Gasteiger partial charge in [-0.2, -0.15) is 0 Å². The Labute approximate surface area is 147 Å². The summed E-state index contributed by atoms with van der Waals surface area (Å²) in [5.41, 5.74) is 12.7. The van der Waals surface area contributed by atoms with Crippen LogP contribution in [-0.2, 0) is 6.54 Å². The summed E-state index contributed by atoms with van der Waals surface area (Å²) in [5.74, 6) is 1.69. The lowest BCUT2D eigenvalue weighted by atomic mass is 9.92. The van der Waals surface area contributed by atoms with Gasteiger partial charge in [0.05, 0.1) is 17.9 Å². The Bertz CT molecular complexity index is 772. The fourth-order valence-electron chi connectivity index (χ4n) is 3.61. The van der Waals surface area contributed by atoms with Crippen LogP contribution in [0.3, 0.4) is 0 Å². The van der Waals surface area contributed by atoms with E-state index in [0.717, 1.165) is 37.5 Å². The van der Waals surface area contributed by atoms with Crippen molar-refractivity contribution in [3.8, 4) is 0 Å². The van der Waals surface area contributed by atoms with Crippen molar-refractivity contribution in [1.82, 2.24) is 20.3 Å². The van der Waals surface area contributed by atoms with E-state index < -0.39 is 0 Å². The molecule has 0 bridgehead atoms. The molecule has 7 nitrogen and oxygen atoms in total. The van der Waals surface area contributed by atoms with Crippen molar-refractivity contribution < 1.29 is 4.42 Å². The highest BCUT2D eigenvalue weighted by atomic mass is 16.3. The molecule has 2 aromatic heterocycles. The number of aromatic nitrogens is 1. The van der Waals surface area contributed by atoms with E-state index in [1.165, 1.54) is 11.1 Å². The highest BCUT2D eigenvalue weighted by Crippen LogP contribution is 2.32. The van der Waals surface area contributed by atoms with Gasteiger partial charge in [-0.05, 0) is 36.6 Å². The minimum Gasteiger partial charge on any atom is -0.469 e. The van der Waals surface area contributed by atoms with Gasteiger partial charge >= 0.3 is 0 Å². The van der Waals surface area contributed by atoms with E-state index in [2.05, 4.69) is 28.3 Å². The first-order valence-electron chi connectivity index (χ1n) is 8.64. The minimum atomic E-state index is 0.0455. The molecule has 3 N–H and O–H groups in total. The number of hydrogen-bond donors (Lipinski definition) is 2. The number of nitrogens with one attached hydrogen (secondary N) is 1. The second-order valence-electron chi connectivity index (χ2n) is 6.84. The van der Waals surface area contributed by atoms with Gasteiger partial charge in [-0.3, -0.25) is 14.9 Å². The molecule has 0 fully saturated rings. The highest BCUT2D eigenvalue weighted by molar-refractivity contribution is 5.78. The molecule has 7 heteroatoms. The number of hydrogen-bond acceptors (Lipinski definition) is 7. The van der Waals surface area contributed by atoms with Gasteiger partial charge in [0.1, 0.15) is 11.9 Å². The molecule has 4 heterocycles. The predicted molar refractivity (Wildman–Crippen MR) is 95.7 cm³/mol. The van der Waals surface area contributed by atoms with Crippen molar-refractivity contribution in [2.75, 3.05) is 20.1 Å². The lowest BCUT2D eigenvalue weighted by molar-refractivity contribution is 0.210. The van der Waals surface area contributed by atoms with Crippen LogP contribution in [0.4, 0.5) is 0 Å². The fourth-order valence-corrected chi connectivity index (χ4v) is 3.61. The number of fused-ring (bicyclic) bond motifs is 1. The van der Waals surface area contributed by atoms with Gasteiger partial charge in [0.25, 0.3) is 0 Å². The molecule has 2 aliphatic heterocycles. The molecule has 0 aliphatic carbocycles. The van der Waals surface area contributed by atoms with Gasteiger partial charge in [0, 0.05) is 32.9 Å². The SMILES string of the molecule is Cc1cnc2c(c1)CN(CCC1N=C(N)N(C)N1)CC2c1ccco1. The number of rotatable bonds is 4. The number of guanidine groups is 1. The smallest absolute Gasteiger partial charge is 0.207 e. The summed E-state index contributed by atoms with van der Waals surface area (Å²) < 4.78 is 5.69. The second kappa shape index (κ2) is 6.50. The average Bonchev–Trinajstić information content (AvgIpc) is 3.22. The first-order valence-corrected chi connectivity index (χ1v) is 8.64. The largest absolute Gasteiger partial charge is 0.469 e. The van der Waals surface area contributed by atoms with E-state index in [4.69, 9.17) is 15.1 Å². The number of aliphatic imine (C=N–C) groups is 1. The van der Waals surface area contributed by atoms with E-state index in [9.17, 15) is 0 Å². The van der Waals surface area contributed by atoms with Crippen molar-refractivity contribution in [2.45, 2.75) is 32.0 Å². The zero-order chi connectivity index (χ0) is 17.4. The van der Waals surface area contributed by atoms with Crippen LogP contribution in [0, 0.1) is 6.92 Å². The van der Waals surface area contributed by atoms with Gasteiger partial charge < -0.3 is 10.2 Å². The molecule has 0 amide bonds. The van der Waals surface area contributed by atoms with E-state index in [-0.39, 0.29) is 12.1 Å². The van der Waals surface area contributed by atoms with Crippen molar-refractivity contribution in [3.63, 3.8) is 0 Å². The summed E-state index contributed by atoms with van der Waals surface area (Å²) in [4.78, 5) is 11.6. The number of furan rings is 1. The van der Waals surface area contributed by atoms with Gasteiger partial charge in [-0.15, -0.1) is 0 Å². The first-order chi connectivity index (χ1) is 12.1. The molecule has 2 atom stereocenters. The summed E-state index contributed by atoms with van der Waals surface area (Å²) in [6, 6.07) is 6.22. The molecule has 2 aliphatic rings. The number of hydrazine groups is 1. The molecule has 2 unspecified atom stereocenters. The van der Waals surface area contributed by atoms with Gasteiger partial charge in [-0.1, -0.05) is 6.07 Å². The molecule has 0 saturated carbocycles. The fraction of sp³-hybridized carbons (Fsp3) is 0.444. The lowest BCUT2D eigenvalue weighted by Gasteiger charge is -2.33. The summed E-state index contributed by atoms with van der Waals surface area (Å²) in [7, 11) is 1.89. The molecule has 0 radical (unpaired) electrons. The maximum absolute atomic E-state index is 5.82. The van der Waals surface area contributed by atoms with E-state index in [1.807, 2.05) is 25.4 Å². The van der Waals surface area contributed by atoms with Gasteiger partial charge in [0.15, 0.2) is 0 Å². The van der Waals surface area contributed by atoms with Crippen LogP contribution in [0.25, 0.3) is 0 Å². The maximum atomic E-state index is 5.82. The standard InChI is InChI=1S/C18H24N6O/c1-12-8-13-10-24(6-5-16-21-18(19)23(2)22-16)11-14(17(13)20-9-12)15-4-3-7-25-15/h3-4,7-9,14,16,22H,5-6,10-11H2,1-2H3,(H2,19,21). The van der Waals surface area contributed by atoms with Crippen LogP contribution in [0.15, 0.2) is 40.1 Å². The molecule has 132 valence electrons. The molecule has 0 aromatic carbocycles. The second-order valence-corrected chi connectivity index (χ2v) is 6.84. The van der Waals surface area contributed by atoms with Crippen LogP contribution >= 0.6 is 0 Å². The number of nitrogens with two attached hydrogens (primary N) is 1. The monoisotopic (exact) mass is 340 g/mol. The third kappa shape index (κ3) is 3.25. The highest BCUT2D eigenvalue weighted by Gasteiger charge is 2.30. The Kier molecular flexibility index (Phi) is 4.19. The maximum Gasteiger partial charge on any atom is 0.207 e. The Morgan fingerprint density at radius 1 is 1.44 bits per heavy atom. The topological polar surface area (TPSA) is 82.9 Å². The van der Waals surface area contributed by atoms with E-state index in [1.54, 1.807) is 11.3 Å². The third-order valence-electron chi connectivity index (χ3n) is 4.88. The Morgan fingerprint density at radius 2 is 2.32 bits per heavy atom. The van der Waals surface area contributed by atoms with Crippen LogP contribution in [0.1, 0.15) is 34.9 Å². The molecular weight excluding hydrogens is 316 g/mol. The predicted octanol–water partition coefficient (Wildman–Crippen LogP) is 1.41. The van der Waals surface area contributed by atoms with Crippen LogP contribution < -0.4 is 11.2 Å². The zero-order valence-electron chi connectivity index (χ0n) is 14.6. The van der Waals surface area contributed by atoms with Gasteiger partial charge in [-0.25, -0.2) is 10.4 Å². The normalized spacial score (nSPS) is 23.6. The van der Waals surface area contributed by atoms with E-state index >= 15 is 0 Å². The molecule has 25 heavy (non-hydrogen) atoms. The molecular formula is C18H24N6O. The number of pyridine rings is 1.